The maximum Gasteiger partial charge on any atom is 0.222 e. The van der Waals surface area contributed by atoms with Crippen molar-refractivity contribution in [2.75, 3.05) is 0 Å². The summed E-state index contributed by atoms with van der Waals surface area (Å²) in [5.41, 5.74) is 1.90. The number of nitrogens with zero attached hydrogens (tertiary/aromatic N) is 3. The van der Waals surface area contributed by atoms with Gasteiger partial charge in [-0.15, -0.1) is 10.2 Å². The number of nitrogens with one attached hydrogen (secondary N) is 1. The number of thioether (sulfide) groups is 1. The highest BCUT2D eigenvalue weighted by Gasteiger charge is 2.18. The Bertz CT molecular complexity index is 960. The van der Waals surface area contributed by atoms with Gasteiger partial charge in [-0.25, -0.2) is 0 Å². The van der Waals surface area contributed by atoms with E-state index in [1.807, 2.05) is 42.7 Å². The molecule has 3 aromatic rings. The van der Waals surface area contributed by atoms with E-state index in [4.69, 9.17) is 23.2 Å². The molecule has 0 aliphatic carbocycles. The quantitative estimate of drug-likeness (QED) is 0.522. The molecule has 1 N–H and O–H groups in total. The number of hydrogen-bond donors (Lipinski definition) is 1. The molecule has 0 radical (unpaired) electrons. The Morgan fingerprint density at radius 3 is 2.57 bits per heavy atom. The van der Waals surface area contributed by atoms with Crippen molar-refractivity contribution >= 4 is 40.9 Å². The molecule has 146 valence electrons. The summed E-state index contributed by atoms with van der Waals surface area (Å²) in [5, 5.41) is 13.2. The average molecular weight is 435 g/mol. The maximum atomic E-state index is 12.0. The summed E-state index contributed by atoms with van der Waals surface area (Å²) in [4.78, 5) is 12.0. The largest absolute Gasteiger partial charge is 0.349 e. The molecular formula is C20H20Cl2N4OS. The van der Waals surface area contributed by atoms with Crippen LogP contribution in [0.4, 0.5) is 0 Å². The fourth-order valence-corrected chi connectivity index (χ4v) is 3.92. The van der Waals surface area contributed by atoms with Crippen LogP contribution in [0.5, 0.6) is 0 Å². The summed E-state index contributed by atoms with van der Waals surface area (Å²) in [5.74, 6) is 1.19. The average Bonchev–Trinajstić information content (AvgIpc) is 3.07. The number of carbonyl (C=O) groups is 1. The number of amides is 1. The van der Waals surface area contributed by atoms with E-state index >= 15 is 0 Å². The Morgan fingerprint density at radius 2 is 1.89 bits per heavy atom. The molecule has 0 aliphatic rings. The molecule has 0 fully saturated rings. The van der Waals surface area contributed by atoms with Gasteiger partial charge in [-0.2, -0.15) is 0 Å². The molecule has 0 unspecified atom stereocenters. The second-order valence-electron chi connectivity index (χ2n) is 6.48. The number of halogens is 2. The van der Waals surface area contributed by atoms with Crippen LogP contribution in [0, 0.1) is 5.92 Å². The lowest BCUT2D eigenvalue weighted by molar-refractivity contribution is -0.124. The van der Waals surface area contributed by atoms with Gasteiger partial charge in [0.05, 0.1) is 17.3 Å². The summed E-state index contributed by atoms with van der Waals surface area (Å²) in [6.45, 7) is 3.95. The predicted molar refractivity (Wildman–Crippen MR) is 114 cm³/mol. The summed E-state index contributed by atoms with van der Waals surface area (Å²) >= 11 is 14.0. The third-order valence-corrected chi connectivity index (χ3v) is 5.54. The van der Waals surface area contributed by atoms with Crippen molar-refractivity contribution in [3.05, 3.63) is 70.0 Å². The molecule has 5 nitrogen and oxygen atoms in total. The molecule has 0 spiro atoms. The molecule has 1 amide bonds. The Balaban J connectivity index is 1.91. The first-order chi connectivity index (χ1) is 13.5. The van der Waals surface area contributed by atoms with E-state index in [0.29, 0.717) is 21.0 Å². The van der Waals surface area contributed by atoms with E-state index in [9.17, 15) is 4.79 Å². The number of hydrogen-bond acceptors (Lipinski definition) is 4. The van der Waals surface area contributed by atoms with E-state index in [0.717, 1.165) is 11.4 Å². The SMILES string of the molecule is CC(C)C(=O)NCc1nnc(SCc2ccccc2)n1-c1ccc(Cl)cc1Cl. The summed E-state index contributed by atoms with van der Waals surface area (Å²) in [7, 11) is 0. The van der Waals surface area contributed by atoms with Crippen LogP contribution >= 0.6 is 35.0 Å². The molecule has 0 saturated carbocycles. The van der Waals surface area contributed by atoms with Gasteiger partial charge in [-0.3, -0.25) is 9.36 Å². The minimum absolute atomic E-state index is 0.0461. The zero-order valence-electron chi connectivity index (χ0n) is 15.5. The molecule has 0 atom stereocenters. The van der Waals surface area contributed by atoms with Crippen molar-refractivity contribution in [2.45, 2.75) is 31.3 Å². The predicted octanol–water partition coefficient (Wildman–Crippen LogP) is 5.14. The van der Waals surface area contributed by atoms with Crippen molar-refractivity contribution in [3.8, 4) is 5.69 Å². The lowest BCUT2D eigenvalue weighted by atomic mass is 10.2. The Labute approximate surface area is 178 Å². The molecule has 0 saturated heterocycles. The van der Waals surface area contributed by atoms with Gasteiger partial charge in [0.2, 0.25) is 5.91 Å². The molecule has 3 rings (SSSR count). The standard InChI is InChI=1S/C20H20Cl2N4OS/c1-13(2)19(27)23-11-18-24-25-20(28-12-14-6-4-3-5-7-14)26(18)17-9-8-15(21)10-16(17)22/h3-10,13H,11-12H2,1-2H3,(H,23,27). The monoisotopic (exact) mass is 434 g/mol. The van der Waals surface area contributed by atoms with Gasteiger partial charge in [0.1, 0.15) is 0 Å². The fraction of sp³-hybridized carbons (Fsp3) is 0.250. The van der Waals surface area contributed by atoms with Gasteiger partial charge in [0.25, 0.3) is 0 Å². The van der Waals surface area contributed by atoms with Crippen LogP contribution in [-0.4, -0.2) is 20.7 Å². The highest BCUT2D eigenvalue weighted by atomic mass is 35.5. The first-order valence-electron chi connectivity index (χ1n) is 8.80. The van der Waals surface area contributed by atoms with E-state index in [2.05, 4.69) is 27.6 Å². The molecule has 8 heteroatoms. The highest BCUT2D eigenvalue weighted by Crippen LogP contribution is 2.30. The van der Waals surface area contributed by atoms with Gasteiger partial charge < -0.3 is 5.32 Å². The van der Waals surface area contributed by atoms with Gasteiger partial charge in [0.15, 0.2) is 11.0 Å². The Morgan fingerprint density at radius 1 is 1.14 bits per heavy atom. The van der Waals surface area contributed by atoms with Crippen LogP contribution in [0.25, 0.3) is 5.69 Å². The highest BCUT2D eigenvalue weighted by molar-refractivity contribution is 7.98. The van der Waals surface area contributed by atoms with Gasteiger partial charge in [-0.05, 0) is 23.8 Å². The van der Waals surface area contributed by atoms with Gasteiger partial charge in [-0.1, -0.05) is 79.1 Å². The normalized spacial score (nSPS) is 11.0. The smallest absolute Gasteiger partial charge is 0.222 e. The lowest BCUT2D eigenvalue weighted by Crippen LogP contribution is -2.28. The van der Waals surface area contributed by atoms with Crippen molar-refractivity contribution < 1.29 is 4.79 Å². The minimum atomic E-state index is -0.109. The first-order valence-corrected chi connectivity index (χ1v) is 10.5. The van der Waals surface area contributed by atoms with Gasteiger partial charge in [0, 0.05) is 16.7 Å². The zero-order valence-corrected chi connectivity index (χ0v) is 17.9. The zero-order chi connectivity index (χ0) is 20.1. The first kappa shape index (κ1) is 20.7. The number of rotatable bonds is 7. The number of benzene rings is 2. The Kier molecular flexibility index (Phi) is 6.99. The molecule has 0 aliphatic heterocycles. The van der Waals surface area contributed by atoms with Crippen molar-refractivity contribution in [3.63, 3.8) is 0 Å². The van der Waals surface area contributed by atoms with Crippen LogP contribution < -0.4 is 5.32 Å². The van der Waals surface area contributed by atoms with Crippen LogP contribution in [0.2, 0.25) is 10.0 Å². The van der Waals surface area contributed by atoms with E-state index in [1.54, 1.807) is 23.9 Å². The second-order valence-corrected chi connectivity index (χ2v) is 8.26. The molecule has 2 aromatic carbocycles. The molecule has 28 heavy (non-hydrogen) atoms. The summed E-state index contributed by atoms with van der Waals surface area (Å²) in [6, 6.07) is 15.4. The number of carbonyl (C=O) groups excluding carboxylic acids is 1. The molecule has 0 bridgehead atoms. The summed E-state index contributed by atoms with van der Waals surface area (Å²) in [6.07, 6.45) is 0. The minimum Gasteiger partial charge on any atom is -0.349 e. The Hall–Kier alpha value is -2.02. The fourth-order valence-electron chi connectivity index (χ4n) is 2.51. The van der Waals surface area contributed by atoms with Crippen LogP contribution in [0.3, 0.4) is 0 Å². The third-order valence-electron chi connectivity index (χ3n) is 4.01. The van der Waals surface area contributed by atoms with E-state index in [-0.39, 0.29) is 18.4 Å². The molecule has 1 aromatic heterocycles. The van der Waals surface area contributed by atoms with E-state index < -0.39 is 0 Å². The molecular weight excluding hydrogens is 415 g/mol. The third kappa shape index (κ3) is 5.07. The number of aromatic nitrogens is 3. The van der Waals surface area contributed by atoms with Crippen LogP contribution in [-0.2, 0) is 17.1 Å². The maximum absolute atomic E-state index is 12.0. The van der Waals surface area contributed by atoms with Crippen LogP contribution in [0.15, 0.2) is 53.7 Å². The summed E-state index contributed by atoms with van der Waals surface area (Å²) < 4.78 is 1.87. The van der Waals surface area contributed by atoms with E-state index in [1.165, 1.54) is 5.56 Å². The topological polar surface area (TPSA) is 59.8 Å². The van der Waals surface area contributed by atoms with Gasteiger partial charge >= 0.3 is 0 Å². The van der Waals surface area contributed by atoms with Crippen LogP contribution in [0.1, 0.15) is 25.2 Å². The lowest BCUT2D eigenvalue weighted by Gasteiger charge is -2.13. The van der Waals surface area contributed by atoms with Crippen molar-refractivity contribution in [1.29, 1.82) is 0 Å². The van der Waals surface area contributed by atoms with Crippen molar-refractivity contribution in [2.24, 2.45) is 5.92 Å². The molecule has 1 heterocycles. The second kappa shape index (κ2) is 9.45. The van der Waals surface area contributed by atoms with Crippen molar-refractivity contribution in [1.82, 2.24) is 20.1 Å².